The van der Waals surface area contributed by atoms with E-state index < -0.39 is 10.0 Å². The zero-order valence-electron chi connectivity index (χ0n) is 16.5. The summed E-state index contributed by atoms with van der Waals surface area (Å²) in [4.78, 5) is 12.7. The zero-order valence-corrected chi connectivity index (χ0v) is 17.3. The molecular weight excluding hydrogens is 364 g/mol. The van der Waals surface area contributed by atoms with Crippen LogP contribution >= 0.6 is 0 Å². The molecule has 0 radical (unpaired) electrons. The number of carbonyl (C=O) groups is 1. The zero-order chi connectivity index (χ0) is 19.4. The average Bonchev–Trinajstić information content (AvgIpc) is 3.07. The lowest BCUT2D eigenvalue weighted by Gasteiger charge is -2.31. The Balaban J connectivity index is 1.41. The van der Waals surface area contributed by atoms with Gasteiger partial charge in [0.2, 0.25) is 15.9 Å². The van der Waals surface area contributed by atoms with Crippen LogP contribution in [0.3, 0.4) is 0 Å². The van der Waals surface area contributed by atoms with E-state index in [0.717, 1.165) is 32.1 Å². The third kappa shape index (κ3) is 5.65. The largest absolute Gasteiger partial charge is 0.352 e. The van der Waals surface area contributed by atoms with Crippen LogP contribution in [0.4, 0.5) is 0 Å². The minimum absolute atomic E-state index is 0.0192. The van der Waals surface area contributed by atoms with Crippen LogP contribution in [-0.2, 0) is 14.8 Å². The highest BCUT2D eigenvalue weighted by atomic mass is 32.2. The van der Waals surface area contributed by atoms with Gasteiger partial charge >= 0.3 is 0 Å². The number of fused-ring (bicyclic) bond motifs is 1. The fraction of sp³-hybridized carbons (Fsp3) is 0.947. The SMILES string of the molecule is CC1CCCC2CC(C(=O)NC3CCC(NS(=O)(=O)CCCN)CC3)NC12. The first-order valence-electron chi connectivity index (χ1n) is 10.6. The van der Waals surface area contributed by atoms with Crippen molar-refractivity contribution in [2.45, 2.75) is 88.9 Å². The Morgan fingerprint density at radius 3 is 2.48 bits per heavy atom. The van der Waals surface area contributed by atoms with Gasteiger partial charge in [-0.2, -0.15) is 0 Å². The van der Waals surface area contributed by atoms with Crippen LogP contribution in [-0.4, -0.2) is 50.8 Å². The van der Waals surface area contributed by atoms with Crippen molar-refractivity contribution in [3.8, 4) is 0 Å². The van der Waals surface area contributed by atoms with E-state index in [-0.39, 0.29) is 29.8 Å². The molecule has 2 saturated carbocycles. The molecule has 4 unspecified atom stereocenters. The molecule has 27 heavy (non-hydrogen) atoms. The average molecular weight is 401 g/mol. The number of nitrogens with two attached hydrogens (primary N) is 1. The van der Waals surface area contributed by atoms with E-state index >= 15 is 0 Å². The van der Waals surface area contributed by atoms with E-state index in [1.807, 2.05) is 0 Å². The fourth-order valence-electron chi connectivity index (χ4n) is 5.12. The van der Waals surface area contributed by atoms with Gasteiger partial charge in [-0.1, -0.05) is 13.3 Å². The van der Waals surface area contributed by atoms with Crippen molar-refractivity contribution in [3.05, 3.63) is 0 Å². The lowest BCUT2D eigenvalue weighted by molar-refractivity contribution is -0.123. The summed E-state index contributed by atoms with van der Waals surface area (Å²) in [7, 11) is -3.24. The van der Waals surface area contributed by atoms with E-state index in [4.69, 9.17) is 5.73 Å². The van der Waals surface area contributed by atoms with Crippen molar-refractivity contribution >= 4 is 15.9 Å². The Kier molecular flexibility index (Phi) is 7.16. The lowest BCUT2D eigenvalue weighted by atomic mass is 9.78. The number of rotatable bonds is 7. The summed E-state index contributed by atoms with van der Waals surface area (Å²) in [5.41, 5.74) is 5.39. The van der Waals surface area contributed by atoms with Crippen molar-refractivity contribution in [3.63, 3.8) is 0 Å². The van der Waals surface area contributed by atoms with Crippen LogP contribution < -0.4 is 21.1 Å². The molecule has 7 nitrogen and oxygen atoms in total. The van der Waals surface area contributed by atoms with E-state index in [0.29, 0.717) is 30.8 Å². The first-order valence-corrected chi connectivity index (χ1v) is 12.3. The highest BCUT2D eigenvalue weighted by molar-refractivity contribution is 7.89. The molecule has 0 spiro atoms. The molecule has 2 aliphatic carbocycles. The highest BCUT2D eigenvalue weighted by Crippen LogP contribution is 2.36. The Hall–Kier alpha value is -0.700. The molecule has 3 aliphatic rings. The van der Waals surface area contributed by atoms with Gasteiger partial charge in [-0.05, 0) is 69.7 Å². The summed E-state index contributed by atoms with van der Waals surface area (Å²) in [5.74, 6) is 1.52. The Bertz CT molecular complexity index is 604. The van der Waals surface area contributed by atoms with Crippen molar-refractivity contribution in [2.75, 3.05) is 12.3 Å². The molecule has 1 heterocycles. The van der Waals surface area contributed by atoms with Gasteiger partial charge in [0.25, 0.3) is 0 Å². The highest BCUT2D eigenvalue weighted by Gasteiger charge is 2.41. The standard InChI is InChI=1S/C19H36N4O3S/c1-13-4-2-5-14-12-17(22-18(13)14)19(24)21-15-6-8-16(9-7-15)23-27(25,26)11-3-10-20/h13-18,22-23H,2-12,20H2,1H3,(H,21,24). The van der Waals surface area contributed by atoms with Gasteiger partial charge in [-0.25, -0.2) is 13.1 Å². The van der Waals surface area contributed by atoms with Crippen LogP contribution in [0, 0.1) is 11.8 Å². The van der Waals surface area contributed by atoms with Crippen molar-refractivity contribution < 1.29 is 13.2 Å². The van der Waals surface area contributed by atoms with E-state index in [2.05, 4.69) is 22.3 Å². The molecule has 0 aromatic carbocycles. The molecule has 8 heteroatoms. The van der Waals surface area contributed by atoms with Gasteiger partial charge in [-0.3, -0.25) is 4.79 Å². The topological polar surface area (TPSA) is 113 Å². The van der Waals surface area contributed by atoms with Gasteiger partial charge in [-0.15, -0.1) is 0 Å². The maximum Gasteiger partial charge on any atom is 0.237 e. The summed E-state index contributed by atoms with van der Waals surface area (Å²) in [6.45, 7) is 2.68. The normalized spacial score (nSPS) is 37.0. The van der Waals surface area contributed by atoms with Gasteiger partial charge in [0.1, 0.15) is 0 Å². The quantitative estimate of drug-likeness (QED) is 0.506. The number of amides is 1. The third-order valence-corrected chi connectivity index (χ3v) is 8.16. The molecular formula is C19H36N4O3S. The van der Waals surface area contributed by atoms with Gasteiger partial charge in [0, 0.05) is 18.1 Å². The number of carbonyl (C=O) groups excluding carboxylic acids is 1. The van der Waals surface area contributed by atoms with E-state index in [1.54, 1.807) is 0 Å². The van der Waals surface area contributed by atoms with Crippen molar-refractivity contribution in [1.29, 1.82) is 0 Å². The first-order chi connectivity index (χ1) is 12.9. The summed E-state index contributed by atoms with van der Waals surface area (Å²) in [6, 6.07) is 0.569. The maximum atomic E-state index is 12.7. The second kappa shape index (κ2) is 9.20. The van der Waals surface area contributed by atoms with E-state index in [9.17, 15) is 13.2 Å². The molecule has 156 valence electrons. The minimum atomic E-state index is -3.24. The van der Waals surface area contributed by atoms with Gasteiger partial charge < -0.3 is 16.4 Å². The predicted molar refractivity (Wildman–Crippen MR) is 107 cm³/mol. The molecule has 3 fully saturated rings. The second-order valence-corrected chi connectivity index (χ2v) is 10.7. The molecule has 4 atom stereocenters. The summed E-state index contributed by atoms with van der Waals surface area (Å²) < 4.78 is 26.8. The third-order valence-electron chi connectivity index (χ3n) is 6.64. The number of sulfonamides is 1. The Morgan fingerprint density at radius 2 is 1.81 bits per heavy atom. The van der Waals surface area contributed by atoms with E-state index in [1.165, 1.54) is 19.3 Å². The number of nitrogens with one attached hydrogen (secondary N) is 3. The molecule has 1 aliphatic heterocycles. The maximum absolute atomic E-state index is 12.7. The number of hydrogen-bond donors (Lipinski definition) is 4. The Morgan fingerprint density at radius 1 is 1.11 bits per heavy atom. The molecule has 0 aromatic heterocycles. The van der Waals surface area contributed by atoms with Crippen LogP contribution in [0.15, 0.2) is 0 Å². The van der Waals surface area contributed by atoms with Gasteiger partial charge in [0.05, 0.1) is 11.8 Å². The monoisotopic (exact) mass is 400 g/mol. The van der Waals surface area contributed by atoms with Crippen LogP contribution in [0.25, 0.3) is 0 Å². The first kappa shape index (κ1) is 21.0. The lowest BCUT2D eigenvalue weighted by Crippen LogP contribution is -2.50. The summed E-state index contributed by atoms with van der Waals surface area (Å²) in [6.07, 6.45) is 8.41. The number of hydrogen-bond acceptors (Lipinski definition) is 5. The summed E-state index contributed by atoms with van der Waals surface area (Å²) >= 11 is 0. The Labute approximate surface area is 163 Å². The van der Waals surface area contributed by atoms with Crippen LogP contribution in [0.1, 0.15) is 64.7 Å². The van der Waals surface area contributed by atoms with Crippen LogP contribution in [0.2, 0.25) is 0 Å². The van der Waals surface area contributed by atoms with Gasteiger partial charge in [0.15, 0.2) is 0 Å². The minimum Gasteiger partial charge on any atom is -0.352 e. The van der Waals surface area contributed by atoms with Crippen LogP contribution in [0.5, 0.6) is 0 Å². The smallest absolute Gasteiger partial charge is 0.237 e. The molecule has 5 N–H and O–H groups in total. The molecule has 1 amide bonds. The molecule has 0 aromatic rings. The summed E-state index contributed by atoms with van der Waals surface area (Å²) in [5, 5.41) is 6.79. The molecule has 3 rings (SSSR count). The van der Waals surface area contributed by atoms with Crippen molar-refractivity contribution in [2.24, 2.45) is 17.6 Å². The fourth-order valence-corrected chi connectivity index (χ4v) is 6.53. The van der Waals surface area contributed by atoms with Crippen molar-refractivity contribution in [1.82, 2.24) is 15.4 Å². The molecule has 0 bridgehead atoms. The molecule has 1 saturated heterocycles. The second-order valence-electron chi connectivity index (χ2n) is 8.79. The predicted octanol–water partition coefficient (Wildman–Crippen LogP) is 0.849.